The Bertz CT molecular complexity index is 249. The summed E-state index contributed by atoms with van der Waals surface area (Å²) < 4.78 is 10.7. The molecule has 0 atom stereocenters. The number of hydrogen-bond donors (Lipinski definition) is 0. The van der Waals surface area contributed by atoms with Crippen molar-refractivity contribution in [1.82, 2.24) is 4.90 Å². The first-order valence-electron chi connectivity index (χ1n) is 4.98. The van der Waals surface area contributed by atoms with Crippen LogP contribution in [0.3, 0.4) is 0 Å². The molecule has 0 saturated carbocycles. The molecule has 0 unspecified atom stereocenters. The molecule has 0 aromatic carbocycles. The molecule has 2 rings (SSSR count). The van der Waals surface area contributed by atoms with Gasteiger partial charge in [0.1, 0.15) is 0 Å². The molecular weight excluding hydrogens is 218 g/mol. The molecule has 0 bridgehead atoms. The molecule has 0 aliphatic carbocycles. The number of hydrogen-bond acceptors (Lipinski definition) is 5. The molecule has 2 aliphatic rings. The third-order valence-electron chi connectivity index (χ3n) is 2.33. The van der Waals surface area contributed by atoms with Crippen LogP contribution < -0.4 is 0 Å². The number of amides is 2. The van der Waals surface area contributed by atoms with Crippen molar-refractivity contribution in [3.05, 3.63) is 0 Å². The minimum absolute atomic E-state index is 0.110. The van der Waals surface area contributed by atoms with Crippen molar-refractivity contribution in [3.63, 3.8) is 0 Å². The van der Waals surface area contributed by atoms with Crippen molar-refractivity contribution >= 4 is 22.9 Å². The van der Waals surface area contributed by atoms with Crippen molar-refractivity contribution in [2.75, 3.05) is 25.5 Å². The second-order valence-electron chi connectivity index (χ2n) is 3.41. The van der Waals surface area contributed by atoms with E-state index in [1.807, 2.05) is 0 Å². The smallest absolute Gasteiger partial charge is 0.288 e. The van der Waals surface area contributed by atoms with Gasteiger partial charge in [0.15, 0.2) is 6.29 Å². The van der Waals surface area contributed by atoms with Crippen molar-refractivity contribution in [2.45, 2.75) is 19.1 Å². The van der Waals surface area contributed by atoms with Gasteiger partial charge in [-0.25, -0.2) is 0 Å². The fourth-order valence-electron chi connectivity index (χ4n) is 1.53. The highest BCUT2D eigenvalue weighted by Crippen LogP contribution is 2.20. The summed E-state index contributed by atoms with van der Waals surface area (Å²) >= 11 is 1.06. The zero-order chi connectivity index (χ0) is 10.7. The third-order valence-corrected chi connectivity index (χ3v) is 3.18. The Balaban J connectivity index is 1.76. The lowest BCUT2D eigenvalue weighted by Gasteiger charge is -2.24. The lowest BCUT2D eigenvalue weighted by molar-refractivity contribution is -0.182. The van der Waals surface area contributed by atoms with Crippen molar-refractivity contribution in [1.29, 1.82) is 0 Å². The van der Waals surface area contributed by atoms with Gasteiger partial charge in [-0.3, -0.25) is 14.5 Å². The molecule has 5 nitrogen and oxygen atoms in total. The molecule has 0 radical (unpaired) electrons. The van der Waals surface area contributed by atoms with Crippen LogP contribution in [0.4, 0.5) is 4.79 Å². The molecule has 2 fully saturated rings. The molecule has 0 aromatic heterocycles. The van der Waals surface area contributed by atoms with E-state index in [1.54, 1.807) is 0 Å². The number of carbonyl (C=O) groups excluding carboxylic acids is 2. The van der Waals surface area contributed by atoms with Crippen LogP contribution in [0.1, 0.15) is 12.8 Å². The summed E-state index contributed by atoms with van der Waals surface area (Å²) in [6.07, 6.45) is 1.22. The van der Waals surface area contributed by atoms with Crippen molar-refractivity contribution < 1.29 is 19.1 Å². The fourth-order valence-corrected chi connectivity index (χ4v) is 2.29. The monoisotopic (exact) mass is 231 g/mol. The first-order valence-corrected chi connectivity index (χ1v) is 5.96. The SMILES string of the molecule is O=C1CSC(=O)N1CCC1OCCCO1. The molecule has 2 heterocycles. The van der Waals surface area contributed by atoms with Crippen LogP contribution in [0.25, 0.3) is 0 Å². The second-order valence-corrected chi connectivity index (χ2v) is 4.34. The summed E-state index contributed by atoms with van der Waals surface area (Å²) in [5, 5.41) is -0.157. The average molecular weight is 231 g/mol. The van der Waals surface area contributed by atoms with Crippen LogP contribution in [-0.2, 0) is 14.3 Å². The Kier molecular flexibility index (Phi) is 3.61. The van der Waals surface area contributed by atoms with Crippen LogP contribution in [-0.4, -0.2) is 47.8 Å². The molecule has 84 valence electrons. The Hall–Kier alpha value is -0.590. The maximum Gasteiger partial charge on any atom is 0.288 e. The number of ether oxygens (including phenoxy) is 2. The van der Waals surface area contributed by atoms with Gasteiger partial charge in [-0.1, -0.05) is 11.8 Å². The molecule has 15 heavy (non-hydrogen) atoms. The minimum atomic E-state index is -0.259. The van der Waals surface area contributed by atoms with Gasteiger partial charge in [0, 0.05) is 13.0 Å². The van der Waals surface area contributed by atoms with E-state index in [0.717, 1.165) is 18.2 Å². The normalized spacial score (nSPS) is 23.9. The van der Waals surface area contributed by atoms with Crippen molar-refractivity contribution in [2.24, 2.45) is 0 Å². The van der Waals surface area contributed by atoms with Crippen LogP contribution in [0.15, 0.2) is 0 Å². The Morgan fingerprint density at radius 3 is 2.67 bits per heavy atom. The molecule has 2 saturated heterocycles. The number of imide groups is 1. The average Bonchev–Trinajstić information content (AvgIpc) is 2.58. The van der Waals surface area contributed by atoms with Crippen LogP contribution in [0.5, 0.6) is 0 Å². The standard InChI is InChI=1S/C9H13NO4S/c11-7-6-15-9(12)10(7)3-2-8-13-4-1-5-14-8/h8H,1-6H2. The number of thioether (sulfide) groups is 1. The zero-order valence-corrected chi connectivity index (χ0v) is 9.12. The maximum atomic E-state index is 11.3. The van der Waals surface area contributed by atoms with Crippen LogP contribution in [0, 0.1) is 0 Å². The van der Waals surface area contributed by atoms with E-state index in [9.17, 15) is 9.59 Å². The van der Waals surface area contributed by atoms with E-state index in [1.165, 1.54) is 4.90 Å². The maximum absolute atomic E-state index is 11.3. The van der Waals surface area contributed by atoms with Crippen LogP contribution >= 0.6 is 11.8 Å². The first-order chi connectivity index (χ1) is 7.27. The summed E-state index contributed by atoms with van der Waals surface area (Å²) in [6.45, 7) is 1.79. The van der Waals surface area contributed by atoms with Gasteiger partial charge in [-0.2, -0.15) is 0 Å². The van der Waals surface area contributed by atoms with Gasteiger partial charge in [-0.05, 0) is 6.42 Å². The summed E-state index contributed by atoms with van der Waals surface area (Å²) in [4.78, 5) is 23.8. The van der Waals surface area contributed by atoms with E-state index >= 15 is 0 Å². The Labute approximate surface area is 92.1 Å². The first kappa shape index (κ1) is 10.9. The van der Waals surface area contributed by atoms with E-state index in [4.69, 9.17) is 9.47 Å². The second kappa shape index (κ2) is 4.96. The number of rotatable bonds is 3. The van der Waals surface area contributed by atoms with Crippen molar-refractivity contribution in [3.8, 4) is 0 Å². The fraction of sp³-hybridized carbons (Fsp3) is 0.778. The largest absolute Gasteiger partial charge is 0.353 e. The lowest BCUT2D eigenvalue weighted by atomic mass is 10.3. The molecule has 0 N–H and O–H groups in total. The lowest BCUT2D eigenvalue weighted by Crippen LogP contribution is -2.34. The van der Waals surface area contributed by atoms with E-state index in [2.05, 4.69) is 0 Å². The Morgan fingerprint density at radius 1 is 1.33 bits per heavy atom. The topological polar surface area (TPSA) is 55.8 Å². The van der Waals surface area contributed by atoms with E-state index < -0.39 is 0 Å². The number of carbonyl (C=O) groups is 2. The predicted molar refractivity (Wildman–Crippen MR) is 54.5 cm³/mol. The van der Waals surface area contributed by atoms with Crippen LogP contribution in [0.2, 0.25) is 0 Å². The summed E-state index contributed by atoms with van der Waals surface area (Å²) in [5.74, 6) is 0.159. The minimum Gasteiger partial charge on any atom is -0.353 e. The highest BCUT2D eigenvalue weighted by atomic mass is 32.2. The highest BCUT2D eigenvalue weighted by Gasteiger charge is 2.30. The third kappa shape index (κ3) is 2.70. The zero-order valence-electron chi connectivity index (χ0n) is 8.31. The molecule has 6 heteroatoms. The predicted octanol–water partition coefficient (Wildman–Crippen LogP) is 0.835. The van der Waals surface area contributed by atoms with Gasteiger partial charge < -0.3 is 9.47 Å². The summed E-state index contributed by atoms with van der Waals surface area (Å²) in [6, 6.07) is 0. The molecule has 2 aliphatic heterocycles. The Morgan fingerprint density at radius 2 is 2.07 bits per heavy atom. The van der Waals surface area contributed by atoms with Gasteiger partial charge in [0.25, 0.3) is 5.24 Å². The number of nitrogens with zero attached hydrogens (tertiary/aromatic N) is 1. The van der Waals surface area contributed by atoms with Gasteiger partial charge in [-0.15, -0.1) is 0 Å². The van der Waals surface area contributed by atoms with Gasteiger partial charge in [0.2, 0.25) is 5.91 Å². The quantitative estimate of drug-likeness (QED) is 0.720. The molecule has 0 aromatic rings. The summed E-state index contributed by atoms with van der Waals surface area (Å²) in [5.41, 5.74) is 0. The summed E-state index contributed by atoms with van der Waals surface area (Å²) in [7, 11) is 0. The van der Waals surface area contributed by atoms with E-state index in [0.29, 0.717) is 26.2 Å². The molecular formula is C9H13NO4S. The molecule has 2 amide bonds. The molecule has 0 spiro atoms. The van der Waals surface area contributed by atoms with Gasteiger partial charge in [0.05, 0.1) is 19.0 Å². The van der Waals surface area contributed by atoms with Gasteiger partial charge >= 0.3 is 0 Å². The highest BCUT2D eigenvalue weighted by molar-refractivity contribution is 8.14. The van der Waals surface area contributed by atoms with E-state index in [-0.39, 0.29) is 23.2 Å².